The van der Waals surface area contributed by atoms with Gasteiger partial charge in [0.2, 0.25) is 6.41 Å². The zero-order valence-corrected chi connectivity index (χ0v) is 23.3. The van der Waals surface area contributed by atoms with Gasteiger partial charge in [-0.1, -0.05) is 96.4 Å². The Morgan fingerprint density at radius 3 is 2.14 bits per heavy atom. The third-order valence-electron chi connectivity index (χ3n) is 6.57. The Balaban J connectivity index is 0.000000383. The minimum absolute atomic E-state index is 0.259. The summed E-state index contributed by atoms with van der Waals surface area (Å²) < 4.78 is 1.69. The van der Waals surface area contributed by atoms with Gasteiger partial charge in [0, 0.05) is 18.6 Å². The van der Waals surface area contributed by atoms with E-state index in [1.807, 2.05) is 52.1 Å². The lowest BCUT2D eigenvalue weighted by atomic mass is 9.73. The van der Waals surface area contributed by atoms with Crippen molar-refractivity contribution in [3.8, 4) is 0 Å². The number of aromatic nitrogens is 3. The van der Waals surface area contributed by atoms with Crippen molar-refractivity contribution in [3.05, 3.63) is 47.5 Å². The standard InChI is InChI=1S/C16H22ClN3O.C12H25NO/c1-15(2,3)16(21,10-20-12-18-11-19-20)9-8-13-4-6-14(17)7-5-13;1-3-4-5-6-7-8-9-10-11-13(2)12-14/h4-7,11-12,21H,8-10H2,1-3H3;12H,3-11H2,1-2H3. The summed E-state index contributed by atoms with van der Waals surface area (Å²) in [6.45, 7) is 9.74. The van der Waals surface area contributed by atoms with Gasteiger partial charge in [0.1, 0.15) is 12.7 Å². The van der Waals surface area contributed by atoms with Gasteiger partial charge < -0.3 is 10.0 Å². The molecule has 198 valence electrons. The minimum atomic E-state index is -0.861. The molecule has 0 bridgehead atoms. The lowest BCUT2D eigenvalue weighted by Crippen LogP contribution is -2.47. The Morgan fingerprint density at radius 1 is 1.03 bits per heavy atom. The molecule has 6 nitrogen and oxygen atoms in total. The monoisotopic (exact) mass is 506 g/mol. The van der Waals surface area contributed by atoms with E-state index < -0.39 is 5.60 Å². The molecule has 2 rings (SSSR count). The summed E-state index contributed by atoms with van der Waals surface area (Å²) in [6.07, 6.45) is 16.1. The van der Waals surface area contributed by atoms with Crippen LogP contribution in [0.3, 0.4) is 0 Å². The second-order valence-corrected chi connectivity index (χ2v) is 11.0. The van der Waals surface area contributed by atoms with Gasteiger partial charge in [-0.15, -0.1) is 0 Å². The Kier molecular flexibility index (Phi) is 14.8. The van der Waals surface area contributed by atoms with Crippen LogP contribution in [0.5, 0.6) is 0 Å². The van der Waals surface area contributed by atoms with E-state index in [1.54, 1.807) is 15.9 Å². The number of nitrogens with zero attached hydrogens (tertiary/aromatic N) is 4. The molecule has 1 N–H and O–H groups in total. The zero-order chi connectivity index (χ0) is 26.2. The molecule has 1 heterocycles. The van der Waals surface area contributed by atoms with Crippen molar-refractivity contribution in [1.82, 2.24) is 19.7 Å². The Labute approximate surface area is 218 Å². The summed E-state index contributed by atoms with van der Waals surface area (Å²) in [4.78, 5) is 15.9. The third kappa shape index (κ3) is 13.1. The smallest absolute Gasteiger partial charge is 0.209 e. The van der Waals surface area contributed by atoms with E-state index in [4.69, 9.17) is 11.6 Å². The van der Waals surface area contributed by atoms with E-state index in [-0.39, 0.29) is 5.41 Å². The normalized spacial score (nSPS) is 13.0. The van der Waals surface area contributed by atoms with E-state index in [1.165, 1.54) is 56.8 Å². The lowest BCUT2D eigenvalue weighted by molar-refractivity contribution is -0.117. The lowest BCUT2D eigenvalue weighted by Gasteiger charge is -2.40. The van der Waals surface area contributed by atoms with E-state index in [2.05, 4.69) is 17.0 Å². The molecule has 0 spiro atoms. The van der Waals surface area contributed by atoms with Crippen molar-refractivity contribution in [2.75, 3.05) is 13.6 Å². The van der Waals surface area contributed by atoms with Crippen LogP contribution in [0.25, 0.3) is 0 Å². The highest BCUT2D eigenvalue weighted by Crippen LogP contribution is 2.35. The van der Waals surface area contributed by atoms with Crippen LogP contribution in [0.15, 0.2) is 36.9 Å². The van der Waals surface area contributed by atoms with Gasteiger partial charge in [-0.3, -0.25) is 9.48 Å². The number of amides is 1. The Morgan fingerprint density at radius 2 is 1.63 bits per heavy atom. The SMILES string of the molecule is CC(C)(C)C(O)(CCc1ccc(Cl)cc1)Cn1cncn1.CCCCCCCCCCN(C)C=O. The number of hydrogen-bond acceptors (Lipinski definition) is 4. The first-order valence-electron chi connectivity index (χ1n) is 13.1. The Hall–Kier alpha value is -1.92. The van der Waals surface area contributed by atoms with Crippen LogP contribution in [-0.2, 0) is 17.8 Å². The number of carbonyl (C=O) groups excluding carboxylic acids is 1. The molecule has 1 atom stereocenters. The molecule has 0 aliphatic carbocycles. The highest BCUT2D eigenvalue weighted by atomic mass is 35.5. The van der Waals surface area contributed by atoms with Gasteiger partial charge in [0.05, 0.1) is 12.1 Å². The first-order chi connectivity index (χ1) is 16.6. The van der Waals surface area contributed by atoms with Crippen molar-refractivity contribution in [1.29, 1.82) is 0 Å². The van der Waals surface area contributed by atoms with Gasteiger partial charge in [0.15, 0.2) is 0 Å². The molecule has 1 unspecified atom stereocenters. The fourth-order valence-corrected chi connectivity index (χ4v) is 3.95. The molecule has 7 heteroatoms. The molecular formula is C28H47ClN4O2. The van der Waals surface area contributed by atoms with Crippen molar-refractivity contribution in [2.45, 2.75) is 104 Å². The summed E-state index contributed by atoms with van der Waals surface area (Å²) in [5, 5.41) is 16.0. The number of hydrogen-bond donors (Lipinski definition) is 1. The number of rotatable bonds is 15. The highest BCUT2D eigenvalue weighted by Gasteiger charge is 2.40. The molecule has 0 fully saturated rings. The van der Waals surface area contributed by atoms with Crippen molar-refractivity contribution in [2.24, 2.45) is 5.41 Å². The largest absolute Gasteiger partial charge is 0.387 e. The summed E-state index contributed by atoms with van der Waals surface area (Å²) in [7, 11) is 1.84. The number of carbonyl (C=O) groups is 1. The van der Waals surface area contributed by atoms with Crippen LogP contribution in [0.1, 0.15) is 91.0 Å². The first kappa shape index (κ1) is 31.1. The molecule has 0 saturated heterocycles. The maximum absolute atomic E-state index is 11.1. The molecule has 2 aromatic rings. The molecule has 0 saturated carbocycles. The molecule has 0 aliphatic rings. The molecule has 35 heavy (non-hydrogen) atoms. The molecule has 1 aromatic heterocycles. The van der Waals surface area contributed by atoms with Gasteiger partial charge in [-0.25, -0.2) is 4.98 Å². The van der Waals surface area contributed by atoms with Crippen molar-refractivity contribution < 1.29 is 9.90 Å². The second-order valence-electron chi connectivity index (χ2n) is 10.6. The first-order valence-corrected chi connectivity index (χ1v) is 13.4. The van der Waals surface area contributed by atoms with E-state index >= 15 is 0 Å². The van der Waals surface area contributed by atoms with Gasteiger partial charge in [0.25, 0.3) is 0 Å². The third-order valence-corrected chi connectivity index (χ3v) is 6.82. The predicted molar refractivity (Wildman–Crippen MR) is 146 cm³/mol. The fourth-order valence-electron chi connectivity index (χ4n) is 3.82. The van der Waals surface area contributed by atoms with Crippen molar-refractivity contribution >= 4 is 18.0 Å². The summed E-state index contributed by atoms with van der Waals surface area (Å²) in [5.41, 5.74) is 0.0479. The quantitative estimate of drug-likeness (QED) is 0.219. The van der Waals surface area contributed by atoms with Crippen LogP contribution in [-0.4, -0.2) is 50.4 Å². The van der Waals surface area contributed by atoms with Crippen molar-refractivity contribution in [3.63, 3.8) is 0 Å². The maximum atomic E-state index is 11.1. The number of aliphatic hydroxyl groups is 1. The topological polar surface area (TPSA) is 71.2 Å². The number of halogens is 1. The van der Waals surface area contributed by atoms with Crippen LogP contribution in [0, 0.1) is 5.41 Å². The van der Waals surface area contributed by atoms with Crippen LogP contribution in [0.4, 0.5) is 0 Å². The average molecular weight is 507 g/mol. The molecule has 1 amide bonds. The van der Waals surface area contributed by atoms with Crippen LogP contribution in [0.2, 0.25) is 5.02 Å². The highest BCUT2D eigenvalue weighted by molar-refractivity contribution is 6.30. The summed E-state index contributed by atoms with van der Waals surface area (Å²) in [6, 6.07) is 7.76. The van der Waals surface area contributed by atoms with Crippen LogP contribution < -0.4 is 0 Å². The van der Waals surface area contributed by atoms with Gasteiger partial charge in [-0.2, -0.15) is 5.10 Å². The number of aryl methyl sites for hydroxylation is 1. The summed E-state index contributed by atoms with van der Waals surface area (Å²) in [5.74, 6) is 0. The second kappa shape index (κ2) is 16.7. The van der Waals surface area contributed by atoms with E-state index in [0.717, 1.165) is 30.8 Å². The zero-order valence-electron chi connectivity index (χ0n) is 22.5. The molecular weight excluding hydrogens is 460 g/mol. The van der Waals surface area contributed by atoms with Gasteiger partial charge in [-0.05, 0) is 42.4 Å². The average Bonchev–Trinajstić information content (AvgIpc) is 3.33. The Bertz CT molecular complexity index is 790. The predicted octanol–water partition coefficient (Wildman–Crippen LogP) is 6.56. The fraction of sp³-hybridized carbons (Fsp3) is 0.679. The number of unbranched alkanes of at least 4 members (excludes halogenated alkanes) is 7. The van der Waals surface area contributed by atoms with E-state index in [0.29, 0.717) is 13.0 Å². The minimum Gasteiger partial charge on any atom is -0.387 e. The van der Waals surface area contributed by atoms with Gasteiger partial charge >= 0.3 is 0 Å². The molecule has 0 radical (unpaired) electrons. The summed E-state index contributed by atoms with van der Waals surface area (Å²) >= 11 is 5.90. The molecule has 1 aromatic carbocycles. The van der Waals surface area contributed by atoms with E-state index in [9.17, 15) is 9.90 Å². The van der Waals surface area contributed by atoms with Crippen LogP contribution >= 0.6 is 11.6 Å². The maximum Gasteiger partial charge on any atom is 0.209 e. The molecule has 0 aliphatic heterocycles. The number of benzene rings is 1.